The van der Waals surface area contributed by atoms with E-state index < -0.39 is 6.04 Å². The largest absolute Gasteiger partial charge is 0.354 e. The van der Waals surface area contributed by atoms with Crippen LogP contribution in [0.1, 0.15) is 25.5 Å². The highest BCUT2D eigenvalue weighted by Crippen LogP contribution is 2.21. The quantitative estimate of drug-likeness (QED) is 0.894. The zero-order valence-corrected chi connectivity index (χ0v) is 11.9. The highest BCUT2D eigenvalue weighted by molar-refractivity contribution is 6.05. The maximum absolute atomic E-state index is 12.0. The SMILES string of the molecule is CC(C)NC1=NC(c2cnn(-c3ccccc3)c2)C(=O)N1. The molecule has 1 aliphatic rings. The van der Waals surface area contributed by atoms with Gasteiger partial charge in [0.15, 0.2) is 12.0 Å². The number of benzene rings is 1. The molecule has 0 aliphatic carbocycles. The van der Waals surface area contributed by atoms with Gasteiger partial charge in [0.25, 0.3) is 5.91 Å². The number of carbonyl (C=O) groups excluding carboxylic acids is 1. The minimum atomic E-state index is -0.538. The van der Waals surface area contributed by atoms with Gasteiger partial charge in [0.1, 0.15) is 0 Å². The van der Waals surface area contributed by atoms with Gasteiger partial charge in [-0.05, 0) is 26.0 Å². The van der Waals surface area contributed by atoms with Crippen molar-refractivity contribution in [3.63, 3.8) is 0 Å². The highest BCUT2D eigenvalue weighted by Gasteiger charge is 2.29. The van der Waals surface area contributed by atoms with Crippen molar-refractivity contribution in [3.8, 4) is 5.69 Å². The van der Waals surface area contributed by atoms with Crippen LogP contribution in [0.4, 0.5) is 0 Å². The van der Waals surface area contributed by atoms with E-state index in [0.717, 1.165) is 11.3 Å². The van der Waals surface area contributed by atoms with E-state index in [1.165, 1.54) is 0 Å². The van der Waals surface area contributed by atoms with E-state index >= 15 is 0 Å². The van der Waals surface area contributed by atoms with Gasteiger partial charge in [0.05, 0.1) is 11.9 Å². The fraction of sp³-hybridized carbons (Fsp3) is 0.267. The molecule has 1 unspecified atom stereocenters. The van der Waals surface area contributed by atoms with Gasteiger partial charge in [0, 0.05) is 17.8 Å². The van der Waals surface area contributed by atoms with E-state index in [1.54, 1.807) is 10.9 Å². The zero-order chi connectivity index (χ0) is 14.8. The van der Waals surface area contributed by atoms with E-state index in [1.807, 2.05) is 50.4 Å². The van der Waals surface area contributed by atoms with Crippen LogP contribution in [0.2, 0.25) is 0 Å². The molecule has 3 rings (SSSR count). The number of carbonyl (C=O) groups is 1. The Kier molecular flexibility index (Phi) is 3.43. The Hall–Kier alpha value is -2.63. The second-order valence-electron chi connectivity index (χ2n) is 5.22. The molecular formula is C15H17N5O. The zero-order valence-electron chi connectivity index (χ0n) is 11.9. The topological polar surface area (TPSA) is 71.3 Å². The lowest BCUT2D eigenvalue weighted by Gasteiger charge is -2.07. The minimum Gasteiger partial charge on any atom is -0.354 e. The van der Waals surface area contributed by atoms with Gasteiger partial charge in [-0.1, -0.05) is 18.2 Å². The molecule has 1 aromatic carbocycles. The van der Waals surface area contributed by atoms with Gasteiger partial charge >= 0.3 is 0 Å². The lowest BCUT2D eigenvalue weighted by atomic mass is 10.2. The lowest BCUT2D eigenvalue weighted by Crippen LogP contribution is -2.40. The van der Waals surface area contributed by atoms with Gasteiger partial charge in [0.2, 0.25) is 0 Å². The van der Waals surface area contributed by atoms with Gasteiger partial charge in [-0.2, -0.15) is 5.10 Å². The van der Waals surface area contributed by atoms with E-state index in [2.05, 4.69) is 20.7 Å². The Morgan fingerprint density at radius 1 is 1.29 bits per heavy atom. The Morgan fingerprint density at radius 2 is 2.05 bits per heavy atom. The molecule has 1 aliphatic heterocycles. The summed E-state index contributed by atoms with van der Waals surface area (Å²) in [5.41, 5.74) is 1.73. The van der Waals surface area contributed by atoms with E-state index in [4.69, 9.17) is 0 Å². The second-order valence-corrected chi connectivity index (χ2v) is 5.22. The standard InChI is InChI=1S/C15H17N5O/c1-10(2)17-15-18-13(14(21)19-15)11-8-16-20(9-11)12-6-4-3-5-7-12/h3-10,13H,1-2H3,(H2,17,18,19,21). The van der Waals surface area contributed by atoms with Crippen molar-refractivity contribution >= 4 is 11.9 Å². The minimum absolute atomic E-state index is 0.134. The van der Waals surface area contributed by atoms with Gasteiger partial charge in [-0.3, -0.25) is 10.1 Å². The van der Waals surface area contributed by atoms with E-state index in [0.29, 0.717) is 5.96 Å². The van der Waals surface area contributed by atoms with Crippen LogP contribution in [0, 0.1) is 0 Å². The fourth-order valence-corrected chi connectivity index (χ4v) is 2.18. The number of rotatable bonds is 3. The average molecular weight is 283 g/mol. The second kappa shape index (κ2) is 5.40. The van der Waals surface area contributed by atoms with Crippen molar-refractivity contribution in [2.24, 2.45) is 4.99 Å². The third-order valence-corrected chi connectivity index (χ3v) is 3.11. The summed E-state index contributed by atoms with van der Waals surface area (Å²) < 4.78 is 1.74. The highest BCUT2D eigenvalue weighted by atomic mass is 16.2. The molecule has 1 aromatic heterocycles. The summed E-state index contributed by atoms with van der Waals surface area (Å²) in [6, 6.07) is 9.44. The predicted molar refractivity (Wildman–Crippen MR) is 80.2 cm³/mol. The van der Waals surface area contributed by atoms with Crippen molar-refractivity contribution in [1.82, 2.24) is 20.4 Å². The van der Waals surface area contributed by atoms with Crippen LogP contribution in [0.25, 0.3) is 5.69 Å². The summed E-state index contributed by atoms with van der Waals surface area (Å²) in [7, 11) is 0. The average Bonchev–Trinajstić information content (AvgIpc) is 3.06. The molecule has 0 spiro atoms. The molecule has 21 heavy (non-hydrogen) atoms. The van der Waals surface area contributed by atoms with Crippen molar-refractivity contribution in [1.29, 1.82) is 0 Å². The predicted octanol–water partition coefficient (Wildman–Crippen LogP) is 1.40. The lowest BCUT2D eigenvalue weighted by molar-refractivity contribution is -0.120. The first kappa shape index (κ1) is 13.4. The molecule has 0 saturated heterocycles. The smallest absolute Gasteiger partial charge is 0.256 e. The van der Waals surface area contributed by atoms with Crippen molar-refractivity contribution in [3.05, 3.63) is 48.3 Å². The molecule has 2 aromatic rings. The summed E-state index contributed by atoms with van der Waals surface area (Å²) >= 11 is 0. The summed E-state index contributed by atoms with van der Waals surface area (Å²) in [6.07, 6.45) is 3.51. The van der Waals surface area contributed by atoms with Gasteiger partial charge in [-0.25, -0.2) is 9.67 Å². The number of nitrogens with zero attached hydrogens (tertiary/aromatic N) is 3. The van der Waals surface area contributed by atoms with Crippen LogP contribution in [0.15, 0.2) is 47.7 Å². The van der Waals surface area contributed by atoms with Crippen LogP contribution in [-0.2, 0) is 4.79 Å². The number of amides is 1. The molecule has 1 amide bonds. The summed E-state index contributed by atoms with van der Waals surface area (Å²) in [5.74, 6) is 0.387. The molecule has 6 nitrogen and oxygen atoms in total. The molecule has 0 bridgehead atoms. The first-order chi connectivity index (χ1) is 10.1. The molecule has 6 heteroatoms. The van der Waals surface area contributed by atoms with Crippen LogP contribution >= 0.6 is 0 Å². The normalized spacial score (nSPS) is 17.8. The van der Waals surface area contributed by atoms with Crippen molar-refractivity contribution < 1.29 is 4.79 Å². The number of guanidine groups is 1. The van der Waals surface area contributed by atoms with Crippen molar-refractivity contribution in [2.75, 3.05) is 0 Å². The molecule has 0 saturated carbocycles. The van der Waals surface area contributed by atoms with Crippen LogP contribution < -0.4 is 10.6 Å². The van der Waals surface area contributed by atoms with Crippen LogP contribution in [0.3, 0.4) is 0 Å². The number of para-hydroxylation sites is 1. The Bertz CT molecular complexity index is 674. The molecule has 0 radical (unpaired) electrons. The number of nitrogens with one attached hydrogen (secondary N) is 2. The maximum Gasteiger partial charge on any atom is 0.256 e. The van der Waals surface area contributed by atoms with Gasteiger partial charge < -0.3 is 5.32 Å². The first-order valence-corrected chi connectivity index (χ1v) is 6.88. The van der Waals surface area contributed by atoms with E-state index in [9.17, 15) is 4.79 Å². The number of hydrogen-bond donors (Lipinski definition) is 2. The third kappa shape index (κ3) is 2.79. The Morgan fingerprint density at radius 3 is 2.76 bits per heavy atom. The van der Waals surface area contributed by atoms with Gasteiger partial charge in [-0.15, -0.1) is 0 Å². The summed E-state index contributed by atoms with van der Waals surface area (Å²) in [4.78, 5) is 16.4. The summed E-state index contributed by atoms with van der Waals surface area (Å²) in [5, 5.41) is 10.1. The number of aliphatic imine (C=N–C) groups is 1. The molecule has 1 atom stereocenters. The first-order valence-electron chi connectivity index (χ1n) is 6.88. The maximum atomic E-state index is 12.0. The van der Waals surface area contributed by atoms with Crippen molar-refractivity contribution in [2.45, 2.75) is 25.9 Å². The van der Waals surface area contributed by atoms with E-state index in [-0.39, 0.29) is 11.9 Å². The Labute approximate surface area is 122 Å². The molecule has 108 valence electrons. The monoisotopic (exact) mass is 283 g/mol. The Balaban J connectivity index is 1.83. The molecule has 2 heterocycles. The fourth-order valence-electron chi connectivity index (χ4n) is 2.18. The summed E-state index contributed by atoms with van der Waals surface area (Å²) in [6.45, 7) is 3.99. The molecule has 0 fully saturated rings. The number of aromatic nitrogens is 2. The number of hydrogen-bond acceptors (Lipinski definition) is 4. The third-order valence-electron chi connectivity index (χ3n) is 3.11. The van der Waals surface area contributed by atoms with Crippen LogP contribution in [0.5, 0.6) is 0 Å². The molecular weight excluding hydrogens is 266 g/mol. The molecule has 2 N–H and O–H groups in total. The van der Waals surface area contributed by atoms with Crippen LogP contribution in [-0.4, -0.2) is 27.7 Å².